The Kier molecular flexibility index (Phi) is 3.28. The van der Waals surface area contributed by atoms with Gasteiger partial charge in [-0.3, -0.25) is 19.8 Å². The number of hydrogen-bond donors (Lipinski definition) is 2. The van der Waals surface area contributed by atoms with Gasteiger partial charge in [-0.2, -0.15) is 0 Å². The van der Waals surface area contributed by atoms with Gasteiger partial charge in [-0.15, -0.1) is 0 Å². The summed E-state index contributed by atoms with van der Waals surface area (Å²) in [5.41, 5.74) is 5.35. The smallest absolute Gasteiger partial charge is 0.246 e. The van der Waals surface area contributed by atoms with Gasteiger partial charge in [0.05, 0.1) is 17.8 Å². The molecule has 1 fully saturated rings. The summed E-state index contributed by atoms with van der Waals surface area (Å²) in [4.78, 5) is 24.9. The van der Waals surface area contributed by atoms with Crippen molar-refractivity contribution in [2.45, 2.75) is 25.9 Å². The van der Waals surface area contributed by atoms with Gasteiger partial charge in [0, 0.05) is 6.54 Å². The summed E-state index contributed by atoms with van der Waals surface area (Å²) in [6.07, 6.45) is 0. The van der Waals surface area contributed by atoms with Gasteiger partial charge >= 0.3 is 0 Å². The number of benzene rings is 1. The lowest BCUT2D eigenvalue weighted by molar-refractivity contribution is -0.145. The molecule has 0 saturated carbocycles. The maximum absolute atomic E-state index is 13.4. The molecule has 0 bridgehead atoms. The number of nitrogens with one attached hydrogen (secondary N) is 1. The third kappa shape index (κ3) is 2.58. The lowest BCUT2D eigenvalue weighted by atomic mass is 9.97. The molecular formula is C13H16FN3O2. The van der Waals surface area contributed by atoms with Crippen LogP contribution >= 0.6 is 0 Å². The molecule has 1 aliphatic rings. The summed E-state index contributed by atoms with van der Waals surface area (Å²) in [5, 5.41) is 2.29. The van der Waals surface area contributed by atoms with Crippen molar-refractivity contribution >= 4 is 17.5 Å². The van der Waals surface area contributed by atoms with Crippen LogP contribution < -0.4 is 11.1 Å². The monoisotopic (exact) mass is 265 g/mol. The second-order valence-electron chi connectivity index (χ2n) is 5.15. The first-order valence-corrected chi connectivity index (χ1v) is 5.94. The third-order valence-electron chi connectivity index (χ3n) is 3.37. The molecule has 0 aromatic heterocycles. The van der Waals surface area contributed by atoms with Gasteiger partial charge in [0.15, 0.2) is 0 Å². The minimum absolute atomic E-state index is 0.0791. The highest BCUT2D eigenvalue weighted by Gasteiger charge is 2.40. The molecule has 1 aliphatic heterocycles. The van der Waals surface area contributed by atoms with Gasteiger partial charge in [0.1, 0.15) is 5.82 Å². The van der Waals surface area contributed by atoms with Crippen LogP contribution in [0.15, 0.2) is 18.2 Å². The van der Waals surface area contributed by atoms with Crippen molar-refractivity contribution in [1.82, 2.24) is 10.2 Å². The van der Waals surface area contributed by atoms with Crippen LogP contribution in [0.2, 0.25) is 0 Å². The van der Waals surface area contributed by atoms with Crippen LogP contribution in [-0.2, 0) is 16.1 Å². The highest BCUT2D eigenvalue weighted by molar-refractivity contribution is 6.02. The number of amides is 2. The molecular weight excluding hydrogens is 249 g/mol. The first-order chi connectivity index (χ1) is 8.80. The number of carbonyl (C=O) groups excluding carboxylic acids is 2. The number of halogens is 1. The Hall–Kier alpha value is -1.95. The van der Waals surface area contributed by atoms with Crippen LogP contribution in [0, 0.1) is 5.82 Å². The average molecular weight is 265 g/mol. The number of imide groups is 1. The predicted octanol–water partition coefficient (Wildman–Crippen LogP) is 0.645. The molecule has 0 aliphatic carbocycles. The molecule has 3 N–H and O–H groups in total. The molecule has 19 heavy (non-hydrogen) atoms. The van der Waals surface area contributed by atoms with Crippen molar-refractivity contribution in [3.63, 3.8) is 0 Å². The first-order valence-electron chi connectivity index (χ1n) is 5.94. The van der Waals surface area contributed by atoms with Crippen molar-refractivity contribution in [1.29, 1.82) is 0 Å². The summed E-state index contributed by atoms with van der Waals surface area (Å²) in [5.74, 6) is -1.19. The van der Waals surface area contributed by atoms with Crippen molar-refractivity contribution in [3.05, 3.63) is 29.6 Å². The minimum atomic E-state index is -0.814. The lowest BCUT2D eigenvalue weighted by Gasteiger charge is -2.40. The fourth-order valence-corrected chi connectivity index (χ4v) is 1.98. The predicted molar refractivity (Wildman–Crippen MR) is 68.5 cm³/mol. The summed E-state index contributed by atoms with van der Waals surface area (Å²) >= 11 is 0. The molecule has 1 heterocycles. The maximum atomic E-state index is 13.4. The average Bonchev–Trinajstić information content (AvgIpc) is 2.31. The molecule has 2 rings (SSSR count). The molecule has 0 radical (unpaired) electrons. The lowest BCUT2D eigenvalue weighted by Crippen LogP contribution is -2.63. The number of nitrogens with zero attached hydrogens (tertiary/aromatic N) is 1. The van der Waals surface area contributed by atoms with Crippen LogP contribution in [0.25, 0.3) is 0 Å². The van der Waals surface area contributed by atoms with Crippen molar-refractivity contribution in [3.8, 4) is 0 Å². The molecule has 1 aromatic rings. The maximum Gasteiger partial charge on any atom is 0.246 e. The van der Waals surface area contributed by atoms with E-state index in [1.807, 2.05) is 0 Å². The molecule has 0 unspecified atom stereocenters. The van der Waals surface area contributed by atoms with Crippen LogP contribution in [0.5, 0.6) is 0 Å². The van der Waals surface area contributed by atoms with E-state index in [2.05, 4.69) is 5.32 Å². The van der Waals surface area contributed by atoms with Crippen LogP contribution in [-0.4, -0.2) is 28.8 Å². The summed E-state index contributed by atoms with van der Waals surface area (Å²) in [6, 6.07) is 4.48. The summed E-state index contributed by atoms with van der Waals surface area (Å²) < 4.78 is 13.4. The highest BCUT2D eigenvalue weighted by atomic mass is 19.1. The van der Waals surface area contributed by atoms with Crippen LogP contribution in [0.3, 0.4) is 0 Å². The Morgan fingerprint density at radius 1 is 1.42 bits per heavy atom. The zero-order valence-corrected chi connectivity index (χ0v) is 10.9. The van der Waals surface area contributed by atoms with Gasteiger partial charge < -0.3 is 5.73 Å². The number of piperazine rings is 1. The molecule has 1 saturated heterocycles. The Labute approximate surface area is 110 Å². The van der Waals surface area contributed by atoms with Gasteiger partial charge in [0.2, 0.25) is 11.8 Å². The van der Waals surface area contributed by atoms with Crippen molar-refractivity contribution in [2.24, 2.45) is 0 Å². The van der Waals surface area contributed by atoms with E-state index >= 15 is 0 Å². The molecule has 5 nitrogen and oxygen atoms in total. The molecule has 1 aromatic carbocycles. The normalized spacial score (nSPS) is 19.3. The van der Waals surface area contributed by atoms with E-state index in [4.69, 9.17) is 5.73 Å². The quantitative estimate of drug-likeness (QED) is 0.608. The SMILES string of the molecule is CC1(C)C(=O)NC(=O)CN1Cc1ccc(N)c(F)c1. The second kappa shape index (κ2) is 4.62. The first kappa shape index (κ1) is 13.5. The number of hydrogen-bond acceptors (Lipinski definition) is 4. The van der Waals surface area contributed by atoms with E-state index in [1.54, 1.807) is 24.8 Å². The van der Waals surface area contributed by atoms with Gasteiger partial charge in [0.25, 0.3) is 0 Å². The molecule has 102 valence electrons. The van der Waals surface area contributed by atoms with Gasteiger partial charge in [-0.05, 0) is 31.5 Å². The molecule has 2 amide bonds. The minimum Gasteiger partial charge on any atom is -0.396 e. The zero-order chi connectivity index (χ0) is 14.2. The highest BCUT2D eigenvalue weighted by Crippen LogP contribution is 2.22. The van der Waals surface area contributed by atoms with Crippen molar-refractivity contribution in [2.75, 3.05) is 12.3 Å². The Morgan fingerprint density at radius 2 is 2.11 bits per heavy atom. The van der Waals surface area contributed by atoms with Crippen LogP contribution in [0.1, 0.15) is 19.4 Å². The Bertz CT molecular complexity index is 543. The Balaban J connectivity index is 2.23. The van der Waals surface area contributed by atoms with Gasteiger partial charge in [-0.25, -0.2) is 4.39 Å². The summed E-state index contributed by atoms with van der Waals surface area (Å²) in [6.45, 7) is 3.86. The number of anilines is 1. The largest absolute Gasteiger partial charge is 0.396 e. The molecule has 0 atom stereocenters. The van der Waals surface area contributed by atoms with E-state index in [9.17, 15) is 14.0 Å². The van der Waals surface area contributed by atoms with Crippen molar-refractivity contribution < 1.29 is 14.0 Å². The molecule has 0 spiro atoms. The Morgan fingerprint density at radius 3 is 2.74 bits per heavy atom. The number of nitrogen functional groups attached to an aromatic ring is 1. The number of rotatable bonds is 2. The zero-order valence-electron chi connectivity index (χ0n) is 10.9. The number of carbonyl (C=O) groups is 2. The summed E-state index contributed by atoms with van der Waals surface area (Å²) in [7, 11) is 0. The fourth-order valence-electron chi connectivity index (χ4n) is 1.98. The van der Waals surface area contributed by atoms with E-state index in [0.717, 1.165) is 0 Å². The third-order valence-corrected chi connectivity index (χ3v) is 3.37. The standard InChI is InChI=1S/C13H16FN3O2/c1-13(2)12(19)16-11(18)7-17(13)6-8-3-4-10(15)9(14)5-8/h3-5H,6-7,15H2,1-2H3,(H,16,18,19). The van der Waals surface area contributed by atoms with Crippen LogP contribution in [0.4, 0.5) is 10.1 Å². The number of nitrogens with two attached hydrogens (primary N) is 1. The fraction of sp³-hybridized carbons (Fsp3) is 0.385. The van der Waals surface area contributed by atoms with Gasteiger partial charge in [-0.1, -0.05) is 6.07 Å². The van der Waals surface area contributed by atoms with E-state index in [0.29, 0.717) is 12.1 Å². The molecule has 6 heteroatoms. The van der Waals surface area contributed by atoms with E-state index in [-0.39, 0.29) is 24.0 Å². The topological polar surface area (TPSA) is 75.4 Å². The van der Waals surface area contributed by atoms with E-state index < -0.39 is 11.4 Å². The van der Waals surface area contributed by atoms with E-state index in [1.165, 1.54) is 12.1 Å². The second-order valence-corrected chi connectivity index (χ2v) is 5.15.